The Morgan fingerprint density at radius 2 is 1.38 bits per heavy atom. The molecule has 24 heavy (non-hydrogen) atoms. The molecule has 1 aromatic rings. The van der Waals surface area contributed by atoms with E-state index in [9.17, 15) is 14.7 Å². The number of carbonyl (C=O) groups is 2. The maximum Gasteiger partial charge on any atom is 0.330 e. The molecule has 0 saturated carbocycles. The molecule has 0 heterocycles. The molecule has 134 valence electrons. The Balaban J connectivity index is 0. The predicted molar refractivity (Wildman–Crippen MR) is 95.8 cm³/mol. The highest BCUT2D eigenvalue weighted by Crippen LogP contribution is 2.17. The Kier molecular flexibility index (Phi) is 14.1. The summed E-state index contributed by atoms with van der Waals surface area (Å²) >= 11 is 0. The van der Waals surface area contributed by atoms with Crippen LogP contribution in [0, 0.1) is 0 Å². The average Bonchev–Trinajstić information content (AvgIpc) is 2.54. The minimum Gasteiger partial charge on any atom is -0.478 e. The van der Waals surface area contributed by atoms with Gasteiger partial charge in [0.05, 0.1) is 6.10 Å². The monoisotopic (exact) mass is 336 g/mol. The molecule has 0 amide bonds. The van der Waals surface area contributed by atoms with E-state index in [4.69, 9.17) is 10.2 Å². The van der Waals surface area contributed by atoms with Gasteiger partial charge in [-0.25, -0.2) is 9.59 Å². The molecule has 0 spiro atoms. The molecule has 1 aromatic carbocycles. The molecule has 5 heteroatoms. The van der Waals surface area contributed by atoms with Crippen molar-refractivity contribution < 1.29 is 24.9 Å². The van der Waals surface area contributed by atoms with E-state index in [-0.39, 0.29) is 17.3 Å². The first kappa shape index (κ1) is 23.9. The van der Waals surface area contributed by atoms with E-state index in [1.807, 2.05) is 30.3 Å². The van der Waals surface area contributed by atoms with E-state index in [1.54, 1.807) is 0 Å². The van der Waals surface area contributed by atoms with Crippen molar-refractivity contribution in [3.05, 3.63) is 60.2 Å². The van der Waals surface area contributed by atoms with Crippen molar-refractivity contribution in [2.75, 3.05) is 0 Å². The lowest BCUT2D eigenvalue weighted by Crippen LogP contribution is -1.95. The minimum atomic E-state index is -0.935. The lowest BCUT2D eigenvalue weighted by molar-refractivity contribution is -0.133. The standard InChI is InChI=1S/C11H16O.2C4H6O2/c1-2-3-9-11(12)10-7-5-4-6-8-10;2*1-3(2)4(5)6/h4-8,11-12H,2-3,9H2,1H3;2*1H2,2H3,(H,5,6). The lowest BCUT2D eigenvalue weighted by atomic mass is 10.0. The summed E-state index contributed by atoms with van der Waals surface area (Å²) in [6, 6.07) is 9.84. The zero-order valence-corrected chi connectivity index (χ0v) is 14.7. The van der Waals surface area contributed by atoms with Crippen LogP contribution >= 0.6 is 0 Å². The van der Waals surface area contributed by atoms with Crippen molar-refractivity contribution in [2.24, 2.45) is 0 Å². The van der Waals surface area contributed by atoms with Crippen LogP contribution in [-0.4, -0.2) is 27.3 Å². The van der Waals surface area contributed by atoms with Gasteiger partial charge in [0.1, 0.15) is 0 Å². The van der Waals surface area contributed by atoms with E-state index < -0.39 is 11.9 Å². The van der Waals surface area contributed by atoms with Gasteiger partial charge in [0.25, 0.3) is 0 Å². The first-order chi connectivity index (χ1) is 11.1. The summed E-state index contributed by atoms with van der Waals surface area (Å²) in [5.41, 5.74) is 1.39. The normalized spacial score (nSPS) is 10.2. The van der Waals surface area contributed by atoms with Crippen molar-refractivity contribution in [2.45, 2.75) is 46.1 Å². The first-order valence-corrected chi connectivity index (χ1v) is 7.64. The van der Waals surface area contributed by atoms with E-state index in [0.29, 0.717) is 0 Å². The van der Waals surface area contributed by atoms with Crippen LogP contribution in [-0.2, 0) is 9.59 Å². The molecule has 5 nitrogen and oxygen atoms in total. The second-order valence-corrected chi connectivity index (χ2v) is 5.24. The first-order valence-electron chi connectivity index (χ1n) is 7.64. The molecule has 0 saturated heterocycles. The Morgan fingerprint density at radius 3 is 1.67 bits per heavy atom. The summed E-state index contributed by atoms with van der Waals surface area (Å²) in [5, 5.41) is 25.4. The number of aliphatic hydroxyl groups is 1. The number of unbranched alkanes of at least 4 members (excludes halogenated alkanes) is 1. The van der Waals surface area contributed by atoms with Crippen LogP contribution in [0.25, 0.3) is 0 Å². The van der Waals surface area contributed by atoms with E-state index in [1.165, 1.54) is 13.8 Å². The van der Waals surface area contributed by atoms with Gasteiger partial charge in [-0.1, -0.05) is 63.3 Å². The number of hydrogen-bond acceptors (Lipinski definition) is 3. The Morgan fingerprint density at radius 1 is 1.00 bits per heavy atom. The molecule has 1 atom stereocenters. The maximum absolute atomic E-state index is 9.65. The highest BCUT2D eigenvalue weighted by molar-refractivity contribution is 5.85. The van der Waals surface area contributed by atoms with Crippen LogP contribution in [0.1, 0.15) is 51.7 Å². The van der Waals surface area contributed by atoms with Crippen LogP contribution < -0.4 is 0 Å². The molecule has 0 bridgehead atoms. The molecule has 1 rings (SSSR count). The zero-order valence-electron chi connectivity index (χ0n) is 14.7. The van der Waals surface area contributed by atoms with Crippen LogP contribution in [0.4, 0.5) is 0 Å². The molecular formula is C19H28O5. The number of hydrogen-bond donors (Lipinski definition) is 3. The highest BCUT2D eigenvalue weighted by Gasteiger charge is 2.04. The smallest absolute Gasteiger partial charge is 0.330 e. The van der Waals surface area contributed by atoms with Gasteiger partial charge in [-0.15, -0.1) is 0 Å². The number of carboxylic acid groups (broad SMARTS) is 2. The van der Waals surface area contributed by atoms with Crippen molar-refractivity contribution >= 4 is 11.9 Å². The molecule has 0 aliphatic carbocycles. The van der Waals surface area contributed by atoms with Crippen molar-refractivity contribution in [1.82, 2.24) is 0 Å². The van der Waals surface area contributed by atoms with E-state index in [2.05, 4.69) is 20.1 Å². The van der Waals surface area contributed by atoms with Crippen LogP contribution in [0.5, 0.6) is 0 Å². The summed E-state index contributed by atoms with van der Waals surface area (Å²) in [4.78, 5) is 19.2. The summed E-state index contributed by atoms with van der Waals surface area (Å²) in [7, 11) is 0. The number of aliphatic hydroxyl groups excluding tert-OH is 1. The topological polar surface area (TPSA) is 94.8 Å². The molecule has 0 aromatic heterocycles. The number of aliphatic carboxylic acids is 2. The molecule has 1 unspecified atom stereocenters. The van der Waals surface area contributed by atoms with Gasteiger partial charge < -0.3 is 15.3 Å². The van der Waals surface area contributed by atoms with Gasteiger partial charge in [0, 0.05) is 11.1 Å². The molecule has 0 aliphatic rings. The Hall–Kier alpha value is -2.40. The SMILES string of the molecule is C=C(C)C(=O)O.C=C(C)C(=O)O.CCCCC(O)c1ccccc1. The summed E-state index contributed by atoms with van der Waals surface area (Å²) in [5.74, 6) is -1.87. The van der Waals surface area contributed by atoms with Crippen LogP contribution in [0.3, 0.4) is 0 Å². The fraction of sp³-hybridized carbons (Fsp3) is 0.368. The maximum atomic E-state index is 9.65. The Labute approximate surface area is 144 Å². The van der Waals surface area contributed by atoms with Crippen molar-refractivity contribution in [1.29, 1.82) is 0 Å². The largest absolute Gasteiger partial charge is 0.478 e. The van der Waals surface area contributed by atoms with Crippen LogP contribution in [0.2, 0.25) is 0 Å². The molecule has 0 radical (unpaired) electrons. The van der Waals surface area contributed by atoms with Gasteiger partial charge in [-0.3, -0.25) is 0 Å². The molecular weight excluding hydrogens is 308 g/mol. The molecule has 0 fully saturated rings. The fourth-order valence-corrected chi connectivity index (χ4v) is 1.24. The number of benzene rings is 1. The second kappa shape index (κ2) is 14.2. The third-order valence-corrected chi connectivity index (χ3v) is 2.75. The van der Waals surface area contributed by atoms with Crippen molar-refractivity contribution in [3.63, 3.8) is 0 Å². The summed E-state index contributed by atoms with van der Waals surface area (Å²) in [6.45, 7) is 11.3. The van der Waals surface area contributed by atoms with Crippen molar-refractivity contribution in [3.8, 4) is 0 Å². The lowest BCUT2D eigenvalue weighted by Gasteiger charge is -2.09. The number of carboxylic acids is 2. The fourth-order valence-electron chi connectivity index (χ4n) is 1.24. The Bertz CT molecular complexity index is 472. The second-order valence-electron chi connectivity index (χ2n) is 5.24. The quantitative estimate of drug-likeness (QED) is 0.677. The van der Waals surface area contributed by atoms with Gasteiger partial charge in [-0.2, -0.15) is 0 Å². The predicted octanol–water partition coefficient (Wildman–Crippen LogP) is 4.20. The molecule has 3 N–H and O–H groups in total. The zero-order chi connectivity index (χ0) is 19.1. The highest BCUT2D eigenvalue weighted by atomic mass is 16.4. The van der Waals surface area contributed by atoms with Gasteiger partial charge in [0.15, 0.2) is 0 Å². The van der Waals surface area contributed by atoms with Gasteiger partial charge in [-0.05, 0) is 25.8 Å². The summed E-state index contributed by atoms with van der Waals surface area (Å²) < 4.78 is 0. The van der Waals surface area contributed by atoms with E-state index >= 15 is 0 Å². The third kappa shape index (κ3) is 14.5. The van der Waals surface area contributed by atoms with Gasteiger partial charge in [0.2, 0.25) is 0 Å². The number of rotatable bonds is 6. The summed E-state index contributed by atoms with van der Waals surface area (Å²) in [6.07, 6.45) is 2.84. The van der Waals surface area contributed by atoms with Crippen LogP contribution in [0.15, 0.2) is 54.6 Å². The molecule has 0 aliphatic heterocycles. The average molecular weight is 336 g/mol. The minimum absolute atomic E-state index is 0.176. The van der Waals surface area contributed by atoms with Gasteiger partial charge >= 0.3 is 11.9 Å². The van der Waals surface area contributed by atoms with E-state index in [0.717, 1.165) is 24.8 Å². The third-order valence-electron chi connectivity index (χ3n) is 2.75.